The third kappa shape index (κ3) is 9.29. The third-order valence-corrected chi connectivity index (χ3v) is 8.00. The van der Waals surface area contributed by atoms with E-state index in [4.69, 9.17) is 34.2 Å². The van der Waals surface area contributed by atoms with Gasteiger partial charge in [0.15, 0.2) is 18.9 Å². The summed E-state index contributed by atoms with van der Waals surface area (Å²) in [5, 5.41) is 96.7. The number of aliphatic hydroxyl groups excluding tert-OH is 8. The highest BCUT2D eigenvalue weighted by atomic mass is 16.7. The van der Waals surface area contributed by atoms with Crippen LogP contribution in [-0.4, -0.2) is 188 Å². The van der Waals surface area contributed by atoms with Crippen LogP contribution >= 0.6 is 0 Å². The van der Waals surface area contributed by atoms with Gasteiger partial charge in [-0.1, -0.05) is 0 Å². The summed E-state index contributed by atoms with van der Waals surface area (Å²) in [6.45, 7) is 1.27. The molecule has 21 heteroatoms. The maximum atomic E-state index is 12.2. The van der Waals surface area contributed by atoms with Crippen molar-refractivity contribution >= 4 is 17.8 Å². The van der Waals surface area contributed by atoms with E-state index >= 15 is 0 Å². The Hall–Kier alpha value is -2.19. The number of nitrogens with one attached hydrogen (secondary N) is 2. The summed E-state index contributed by atoms with van der Waals surface area (Å²) >= 11 is 0. The van der Waals surface area contributed by atoms with Crippen molar-refractivity contribution in [2.75, 3.05) is 19.8 Å². The minimum absolute atomic E-state index is 0.641. The van der Waals surface area contributed by atoms with E-state index < -0.39 is 142 Å². The molecule has 3 fully saturated rings. The van der Waals surface area contributed by atoms with Crippen molar-refractivity contribution in [3.63, 3.8) is 0 Å². The Labute approximate surface area is 268 Å². The fourth-order valence-corrected chi connectivity index (χ4v) is 5.36. The second kappa shape index (κ2) is 17.0. The number of carbonyl (C=O) groups is 3. The Morgan fingerprint density at radius 1 is 0.723 bits per heavy atom. The van der Waals surface area contributed by atoms with E-state index in [1.54, 1.807) is 0 Å². The van der Waals surface area contributed by atoms with Crippen LogP contribution in [0.4, 0.5) is 0 Å². The average Bonchev–Trinajstić information content (AvgIpc) is 3.01. The number of hydrogen-bond acceptors (Lipinski definition) is 18. The number of aliphatic carboxylic acids is 1. The van der Waals surface area contributed by atoms with E-state index in [-0.39, 0.29) is 0 Å². The number of hydrogen-bond donors (Lipinski definition) is 12. The van der Waals surface area contributed by atoms with Crippen LogP contribution in [0.3, 0.4) is 0 Å². The maximum absolute atomic E-state index is 12.2. The van der Waals surface area contributed by atoms with Crippen LogP contribution in [0.25, 0.3) is 0 Å². The van der Waals surface area contributed by atoms with Gasteiger partial charge in [0, 0.05) is 13.8 Å². The summed E-state index contributed by atoms with van der Waals surface area (Å²) in [4.78, 5) is 35.6. The first kappa shape index (κ1) is 39.3. The number of aliphatic hydroxyl groups is 8. The highest BCUT2D eigenvalue weighted by Crippen LogP contribution is 2.31. The molecule has 3 saturated heterocycles. The standard InChI is InChI=1S/C26H45N3O18/c1-7(13(27)23(40)41)43-25-15(29-9(3)33)22(47-26-21(39)20(38)17(35)11(5-31)45-26)18(36)12(46-25)6-42-24-14(28-8(2)32)19(37)16(34)10(4-30)44-24/h7,10-22,24-26,30-31,34-39H,4-6,27H2,1-3H3,(H,28,32)(H,29,33)(H,40,41)/t7-,10-,11-,12-,13+,14-,15-,16-,17+,18+,19-,20+,21-,22-,24-,25+,26+/m1/s1. The molecule has 0 aliphatic carbocycles. The van der Waals surface area contributed by atoms with Crippen LogP contribution in [0.15, 0.2) is 0 Å². The molecule has 0 spiro atoms. The lowest BCUT2D eigenvalue weighted by Crippen LogP contribution is -2.69. The predicted octanol–water partition coefficient (Wildman–Crippen LogP) is -7.46. The molecule has 0 saturated carbocycles. The van der Waals surface area contributed by atoms with Crippen LogP contribution in [0, 0.1) is 0 Å². The highest BCUT2D eigenvalue weighted by Gasteiger charge is 2.53. The molecule has 17 atom stereocenters. The Morgan fingerprint density at radius 3 is 1.77 bits per heavy atom. The van der Waals surface area contributed by atoms with Gasteiger partial charge >= 0.3 is 5.97 Å². The van der Waals surface area contributed by atoms with Gasteiger partial charge in [0.25, 0.3) is 0 Å². The quantitative estimate of drug-likeness (QED) is 0.0855. The summed E-state index contributed by atoms with van der Waals surface area (Å²) in [5.41, 5.74) is 5.69. The first-order valence-corrected chi connectivity index (χ1v) is 14.7. The Balaban J connectivity index is 1.94. The van der Waals surface area contributed by atoms with Crippen LogP contribution < -0.4 is 16.4 Å². The second-order valence-corrected chi connectivity index (χ2v) is 11.5. The predicted molar refractivity (Wildman–Crippen MR) is 148 cm³/mol. The largest absolute Gasteiger partial charge is 0.480 e. The molecule has 0 aromatic rings. The third-order valence-electron chi connectivity index (χ3n) is 8.00. The van der Waals surface area contributed by atoms with Gasteiger partial charge < -0.3 is 90.7 Å². The van der Waals surface area contributed by atoms with Gasteiger partial charge in [-0.15, -0.1) is 0 Å². The molecule has 47 heavy (non-hydrogen) atoms. The van der Waals surface area contributed by atoms with Gasteiger partial charge in [-0.05, 0) is 6.92 Å². The number of carboxylic acid groups (broad SMARTS) is 1. The molecular formula is C26H45N3O18. The van der Waals surface area contributed by atoms with Gasteiger partial charge in [-0.2, -0.15) is 0 Å². The van der Waals surface area contributed by atoms with Crippen LogP contribution in [0.2, 0.25) is 0 Å². The van der Waals surface area contributed by atoms with E-state index in [1.165, 1.54) is 6.92 Å². The molecule has 272 valence electrons. The molecule has 0 aromatic carbocycles. The number of ether oxygens (including phenoxy) is 6. The van der Waals surface area contributed by atoms with E-state index in [0.29, 0.717) is 0 Å². The molecule has 0 radical (unpaired) electrons. The summed E-state index contributed by atoms with van der Waals surface area (Å²) in [6.07, 6.45) is -22.9. The molecule has 0 unspecified atom stereocenters. The summed E-state index contributed by atoms with van der Waals surface area (Å²) < 4.78 is 34.1. The number of amides is 2. The molecular weight excluding hydrogens is 642 g/mol. The smallest absolute Gasteiger partial charge is 0.323 e. The molecule has 3 rings (SSSR count). The summed E-state index contributed by atoms with van der Waals surface area (Å²) in [6, 6.07) is -4.45. The number of carbonyl (C=O) groups excluding carboxylic acids is 2. The van der Waals surface area contributed by atoms with Crippen molar-refractivity contribution in [2.45, 2.75) is 125 Å². The molecule has 3 heterocycles. The lowest BCUT2D eigenvalue weighted by atomic mass is 9.94. The molecule has 21 nitrogen and oxygen atoms in total. The van der Waals surface area contributed by atoms with Crippen molar-refractivity contribution in [2.24, 2.45) is 5.73 Å². The average molecular weight is 688 g/mol. The number of carboxylic acids is 1. The molecule has 2 amide bonds. The molecule has 3 aliphatic rings. The fourth-order valence-electron chi connectivity index (χ4n) is 5.36. The maximum Gasteiger partial charge on any atom is 0.323 e. The van der Waals surface area contributed by atoms with Crippen LogP contribution in [0.5, 0.6) is 0 Å². The van der Waals surface area contributed by atoms with Crippen LogP contribution in [0.1, 0.15) is 20.8 Å². The lowest BCUT2D eigenvalue weighted by molar-refractivity contribution is -0.351. The zero-order chi connectivity index (χ0) is 35.3. The van der Waals surface area contributed by atoms with Gasteiger partial charge in [-0.3, -0.25) is 14.4 Å². The van der Waals surface area contributed by atoms with Crippen molar-refractivity contribution in [3.05, 3.63) is 0 Å². The van der Waals surface area contributed by atoms with E-state index in [2.05, 4.69) is 10.6 Å². The Morgan fingerprint density at radius 2 is 1.23 bits per heavy atom. The fraction of sp³-hybridized carbons (Fsp3) is 0.885. The zero-order valence-electron chi connectivity index (χ0n) is 25.7. The van der Waals surface area contributed by atoms with Gasteiger partial charge in [-0.25, -0.2) is 0 Å². The van der Waals surface area contributed by atoms with Gasteiger partial charge in [0.2, 0.25) is 11.8 Å². The van der Waals surface area contributed by atoms with Crippen LogP contribution in [-0.2, 0) is 42.8 Å². The zero-order valence-corrected chi connectivity index (χ0v) is 25.7. The van der Waals surface area contributed by atoms with Gasteiger partial charge in [0.05, 0.1) is 25.9 Å². The lowest BCUT2D eigenvalue weighted by Gasteiger charge is -2.48. The van der Waals surface area contributed by atoms with E-state index in [9.17, 15) is 60.3 Å². The van der Waals surface area contributed by atoms with E-state index in [0.717, 1.165) is 13.8 Å². The first-order valence-electron chi connectivity index (χ1n) is 14.7. The van der Waals surface area contributed by atoms with Crippen molar-refractivity contribution in [1.82, 2.24) is 10.6 Å². The van der Waals surface area contributed by atoms with Crippen molar-refractivity contribution in [3.8, 4) is 0 Å². The molecule has 13 N–H and O–H groups in total. The minimum atomic E-state index is -1.94. The first-order chi connectivity index (χ1) is 22.0. The molecule has 3 aliphatic heterocycles. The van der Waals surface area contributed by atoms with Crippen molar-refractivity contribution < 1.29 is 88.8 Å². The monoisotopic (exact) mass is 687 g/mol. The SMILES string of the molecule is CC(=O)N[C@H]1[C@H](OC[C@H]2O[C@H](O[C@H](C)[C@H](N)C(=O)O)[C@H](NC(C)=O)[C@@H](O[C@@H]3O[C@H](CO)[C@H](O)[C@H](O)[C@H]3O)[C@H]2O)O[C@H](CO)[C@@H](O)[C@@H]1O. The Kier molecular flexibility index (Phi) is 14.2. The molecule has 0 aromatic heterocycles. The topological polar surface area (TPSA) is 339 Å². The van der Waals surface area contributed by atoms with Crippen molar-refractivity contribution in [1.29, 1.82) is 0 Å². The Bertz CT molecular complexity index is 1060. The normalized spacial score (nSPS) is 42.3. The van der Waals surface area contributed by atoms with E-state index in [1.807, 2.05) is 0 Å². The number of nitrogens with two attached hydrogens (primary N) is 1. The molecule has 0 bridgehead atoms. The second-order valence-electron chi connectivity index (χ2n) is 11.5. The summed E-state index contributed by atoms with van der Waals surface area (Å²) in [7, 11) is 0. The minimum Gasteiger partial charge on any atom is -0.480 e. The highest BCUT2D eigenvalue weighted by molar-refractivity contribution is 5.74. The van der Waals surface area contributed by atoms with Gasteiger partial charge in [0.1, 0.15) is 79.2 Å². The summed E-state index contributed by atoms with van der Waals surface area (Å²) in [5.74, 6) is -2.79. The number of rotatable bonds is 13.